The number of ether oxygens (including phenoxy) is 1. The van der Waals surface area contributed by atoms with Crippen molar-refractivity contribution in [3.05, 3.63) is 77.6 Å². The van der Waals surface area contributed by atoms with Crippen LogP contribution in [0.2, 0.25) is 0 Å². The fourth-order valence-corrected chi connectivity index (χ4v) is 2.30. The fourth-order valence-electron chi connectivity index (χ4n) is 2.30. The van der Waals surface area contributed by atoms with Crippen LogP contribution in [0.3, 0.4) is 0 Å². The van der Waals surface area contributed by atoms with E-state index in [2.05, 4.69) is 0 Å². The van der Waals surface area contributed by atoms with Crippen LogP contribution in [0.1, 0.15) is 16.9 Å². The predicted molar refractivity (Wildman–Crippen MR) is 85.6 cm³/mol. The van der Waals surface area contributed by atoms with Crippen LogP contribution in [-0.2, 0) is 13.2 Å². The highest BCUT2D eigenvalue weighted by Gasteiger charge is 2.11. The maximum Gasteiger partial charge on any atom is 0.137 e. The molecular formula is C19H18O3. The molecule has 3 aromatic rings. The van der Waals surface area contributed by atoms with Crippen LogP contribution in [0.5, 0.6) is 5.75 Å². The number of benzene rings is 2. The van der Waals surface area contributed by atoms with Gasteiger partial charge in [0.05, 0.1) is 12.2 Å². The van der Waals surface area contributed by atoms with E-state index in [1.807, 2.05) is 67.6 Å². The van der Waals surface area contributed by atoms with E-state index in [9.17, 15) is 5.11 Å². The Bertz CT molecular complexity index is 744. The summed E-state index contributed by atoms with van der Waals surface area (Å²) in [5.74, 6) is 2.34. The lowest BCUT2D eigenvalue weighted by molar-refractivity contribution is 0.278. The first-order chi connectivity index (χ1) is 10.8. The van der Waals surface area contributed by atoms with Gasteiger partial charge in [0.1, 0.15) is 23.9 Å². The van der Waals surface area contributed by atoms with Gasteiger partial charge in [-0.1, -0.05) is 36.4 Å². The van der Waals surface area contributed by atoms with Gasteiger partial charge in [-0.3, -0.25) is 0 Å². The van der Waals surface area contributed by atoms with Gasteiger partial charge in [0, 0.05) is 0 Å². The lowest BCUT2D eigenvalue weighted by Crippen LogP contribution is -1.98. The van der Waals surface area contributed by atoms with Gasteiger partial charge < -0.3 is 14.3 Å². The smallest absolute Gasteiger partial charge is 0.137 e. The third-order valence-electron chi connectivity index (χ3n) is 3.47. The van der Waals surface area contributed by atoms with Crippen LogP contribution in [0.15, 0.2) is 65.1 Å². The molecule has 0 fully saturated rings. The number of hydrogen-bond acceptors (Lipinski definition) is 3. The molecule has 22 heavy (non-hydrogen) atoms. The maximum atomic E-state index is 9.33. The molecule has 0 aliphatic rings. The molecule has 0 amide bonds. The van der Waals surface area contributed by atoms with Crippen molar-refractivity contribution in [3.8, 4) is 17.1 Å². The molecule has 0 saturated heterocycles. The van der Waals surface area contributed by atoms with Gasteiger partial charge in [-0.25, -0.2) is 0 Å². The monoisotopic (exact) mass is 294 g/mol. The van der Waals surface area contributed by atoms with E-state index in [-0.39, 0.29) is 6.61 Å². The average molecular weight is 294 g/mol. The molecule has 0 spiro atoms. The van der Waals surface area contributed by atoms with Gasteiger partial charge in [-0.15, -0.1) is 0 Å². The zero-order valence-corrected chi connectivity index (χ0v) is 12.5. The summed E-state index contributed by atoms with van der Waals surface area (Å²) in [6.45, 7) is 2.37. The molecule has 3 rings (SSSR count). The van der Waals surface area contributed by atoms with Crippen molar-refractivity contribution >= 4 is 0 Å². The highest BCUT2D eigenvalue weighted by molar-refractivity contribution is 5.66. The van der Waals surface area contributed by atoms with Crippen molar-refractivity contribution in [2.75, 3.05) is 0 Å². The zero-order valence-electron chi connectivity index (χ0n) is 12.5. The van der Waals surface area contributed by atoms with Gasteiger partial charge in [0.15, 0.2) is 0 Å². The van der Waals surface area contributed by atoms with Crippen LogP contribution in [-0.4, -0.2) is 5.11 Å². The van der Waals surface area contributed by atoms with E-state index in [1.165, 1.54) is 0 Å². The molecule has 3 heteroatoms. The molecule has 0 aliphatic heterocycles. The van der Waals surface area contributed by atoms with Crippen molar-refractivity contribution in [2.45, 2.75) is 20.1 Å². The molecule has 3 nitrogen and oxygen atoms in total. The molecule has 0 aliphatic carbocycles. The molecule has 0 radical (unpaired) electrons. The lowest BCUT2D eigenvalue weighted by Gasteiger charge is -2.12. The topological polar surface area (TPSA) is 42.6 Å². The lowest BCUT2D eigenvalue weighted by atomic mass is 10.1. The summed E-state index contributed by atoms with van der Waals surface area (Å²) in [6, 6.07) is 19.5. The summed E-state index contributed by atoms with van der Waals surface area (Å²) in [7, 11) is 0. The maximum absolute atomic E-state index is 9.33. The summed E-state index contributed by atoms with van der Waals surface area (Å²) in [5.41, 5.74) is 2.80. The Balaban J connectivity index is 1.90. The summed E-state index contributed by atoms with van der Waals surface area (Å²) in [4.78, 5) is 0. The first-order valence-electron chi connectivity index (χ1n) is 7.23. The second-order valence-electron chi connectivity index (χ2n) is 5.17. The van der Waals surface area contributed by atoms with Gasteiger partial charge >= 0.3 is 0 Å². The number of rotatable bonds is 5. The zero-order chi connectivity index (χ0) is 15.4. The van der Waals surface area contributed by atoms with Gasteiger partial charge in [0.25, 0.3) is 0 Å². The normalized spacial score (nSPS) is 10.6. The second kappa shape index (κ2) is 6.50. The van der Waals surface area contributed by atoms with Crippen molar-refractivity contribution in [2.24, 2.45) is 0 Å². The summed E-state index contributed by atoms with van der Waals surface area (Å²) < 4.78 is 11.7. The van der Waals surface area contributed by atoms with Gasteiger partial charge in [-0.2, -0.15) is 0 Å². The highest BCUT2D eigenvalue weighted by atomic mass is 16.5. The molecule has 2 aromatic carbocycles. The van der Waals surface area contributed by atoms with E-state index in [4.69, 9.17) is 9.15 Å². The minimum absolute atomic E-state index is 0.0147. The molecule has 1 aromatic heterocycles. The van der Waals surface area contributed by atoms with E-state index in [1.54, 1.807) is 0 Å². The van der Waals surface area contributed by atoms with Crippen molar-refractivity contribution in [1.82, 2.24) is 0 Å². The van der Waals surface area contributed by atoms with E-state index < -0.39 is 0 Å². The number of aryl methyl sites for hydroxylation is 1. The van der Waals surface area contributed by atoms with E-state index in [0.29, 0.717) is 12.4 Å². The Morgan fingerprint density at radius 3 is 2.45 bits per heavy atom. The van der Waals surface area contributed by atoms with Gasteiger partial charge in [-0.05, 0) is 42.3 Å². The largest absolute Gasteiger partial charge is 0.488 e. The summed E-state index contributed by atoms with van der Waals surface area (Å²) >= 11 is 0. The first-order valence-corrected chi connectivity index (χ1v) is 7.23. The molecule has 0 bridgehead atoms. The quantitative estimate of drug-likeness (QED) is 0.761. The molecule has 0 atom stereocenters. The number of furan rings is 1. The number of aliphatic hydroxyl groups is 1. The first kappa shape index (κ1) is 14.4. The highest BCUT2D eigenvalue weighted by Crippen LogP contribution is 2.33. The minimum Gasteiger partial charge on any atom is -0.488 e. The average Bonchev–Trinajstić information content (AvgIpc) is 3.00. The number of hydrogen-bond donors (Lipinski definition) is 1. The summed E-state index contributed by atoms with van der Waals surface area (Å²) in [5, 5.41) is 9.33. The van der Waals surface area contributed by atoms with Gasteiger partial charge in [0.2, 0.25) is 0 Å². The molecule has 0 saturated carbocycles. The Labute approximate surface area is 129 Å². The molecule has 0 unspecified atom stereocenters. The van der Waals surface area contributed by atoms with Crippen LogP contribution >= 0.6 is 0 Å². The van der Waals surface area contributed by atoms with Crippen LogP contribution in [0.4, 0.5) is 0 Å². The van der Waals surface area contributed by atoms with E-state index >= 15 is 0 Å². The van der Waals surface area contributed by atoms with Crippen LogP contribution in [0.25, 0.3) is 11.3 Å². The minimum atomic E-state index is -0.0147. The standard InChI is InChI=1S/C19H18O3/c1-14-7-10-18(22-14)17-9-8-16(12-20)11-19(17)21-13-15-5-3-2-4-6-15/h2-11,20H,12-13H2,1H3. The third kappa shape index (κ3) is 3.21. The molecule has 1 heterocycles. The molecule has 112 valence electrons. The van der Waals surface area contributed by atoms with Crippen molar-refractivity contribution in [1.29, 1.82) is 0 Å². The molecule has 1 N–H and O–H groups in total. The van der Waals surface area contributed by atoms with E-state index in [0.717, 1.165) is 28.2 Å². The van der Waals surface area contributed by atoms with Crippen LogP contribution < -0.4 is 4.74 Å². The Kier molecular flexibility index (Phi) is 4.26. The van der Waals surface area contributed by atoms with Crippen molar-refractivity contribution in [3.63, 3.8) is 0 Å². The Morgan fingerprint density at radius 1 is 0.955 bits per heavy atom. The summed E-state index contributed by atoms with van der Waals surface area (Å²) in [6.07, 6.45) is 0. The Hall–Kier alpha value is -2.52. The third-order valence-corrected chi connectivity index (χ3v) is 3.47. The predicted octanol–water partition coefficient (Wildman–Crippen LogP) is 4.33. The SMILES string of the molecule is Cc1ccc(-c2ccc(CO)cc2OCc2ccccc2)o1. The molecular weight excluding hydrogens is 276 g/mol. The Morgan fingerprint density at radius 2 is 1.77 bits per heavy atom. The second-order valence-corrected chi connectivity index (χ2v) is 5.17. The van der Waals surface area contributed by atoms with Crippen molar-refractivity contribution < 1.29 is 14.3 Å². The number of aliphatic hydroxyl groups excluding tert-OH is 1. The van der Waals surface area contributed by atoms with Crippen LogP contribution in [0, 0.1) is 6.92 Å². The fraction of sp³-hybridized carbons (Fsp3) is 0.158.